The Kier molecular flexibility index (Phi) is 16.4. The van der Waals surface area contributed by atoms with Crippen molar-refractivity contribution < 1.29 is 38.6 Å². The van der Waals surface area contributed by atoms with Gasteiger partial charge in [-0.2, -0.15) is 5.43 Å². The van der Waals surface area contributed by atoms with Crippen molar-refractivity contribution in [2.45, 2.75) is 131 Å². The van der Waals surface area contributed by atoms with E-state index < -0.39 is 47.0 Å². The Hall–Kier alpha value is -5.69. The van der Waals surface area contributed by atoms with E-state index in [1.54, 1.807) is 30.2 Å². The Morgan fingerprint density at radius 1 is 1.13 bits per heavy atom. The third-order valence-corrected chi connectivity index (χ3v) is 14.3. The van der Waals surface area contributed by atoms with Crippen molar-refractivity contribution in [3.05, 3.63) is 70.9 Å². The fraction of sp³-hybridized carbons (Fsp3) is 0.549. The van der Waals surface area contributed by atoms with Crippen LogP contribution in [-0.4, -0.2) is 147 Å². The van der Waals surface area contributed by atoms with Crippen molar-refractivity contribution in [3.8, 4) is 11.3 Å². The summed E-state index contributed by atoms with van der Waals surface area (Å²) in [5.41, 5.74) is 5.75. The molecule has 6 rings (SSSR count). The van der Waals surface area contributed by atoms with Crippen LogP contribution in [0.5, 0.6) is 0 Å². The van der Waals surface area contributed by atoms with Gasteiger partial charge in [-0.3, -0.25) is 24.4 Å². The number of carbonyl (C=O) groups is 5. The number of nitrogens with zero attached hydrogens (tertiary/aromatic N) is 7. The number of hydrogen-bond donors (Lipinski definition) is 3. The summed E-state index contributed by atoms with van der Waals surface area (Å²) >= 11 is 1.35. The van der Waals surface area contributed by atoms with E-state index in [-0.39, 0.29) is 69.0 Å². The molecule has 2 fully saturated rings. The highest BCUT2D eigenvalue weighted by atomic mass is 32.1. The lowest BCUT2D eigenvalue weighted by atomic mass is 9.84. The molecule has 18 heteroatoms. The number of urea groups is 1. The molecule has 5 heterocycles. The van der Waals surface area contributed by atoms with Gasteiger partial charge in [-0.1, -0.05) is 53.0 Å². The molecule has 6 atom stereocenters. The number of ether oxygens (including phenoxy) is 2. The van der Waals surface area contributed by atoms with Gasteiger partial charge in [-0.15, -0.1) is 11.3 Å². The molecule has 1 aromatic carbocycles. The zero-order valence-electron chi connectivity index (χ0n) is 42.1. The minimum absolute atomic E-state index is 0.0267. The highest BCUT2D eigenvalue weighted by molar-refractivity contribution is 7.10. The van der Waals surface area contributed by atoms with Crippen LogP contribution in [0.25, 0.3) is 27.7 Å². The monoisotopic (exact) mass is 970 g/mol. The Morgan fingerprint density at radius 3 is 2.46 bits per heavy atom. The van der Waals surface area contributed by atoms with Gasteiger partial charge in [0.25, 0.3) is 5.91 Å². The van der Waals surface area contributed by atoms with Gasteiger partial charge in [0.1, 0.15) is 12.1 Å². The largest absolute Gasteiger partial charge is 0.462 e. The number of aliphatic imine (C=N–C) groups is 1. The van der Waals surface area contributed by atoms with Gasteiger partial charge in [0.15, 0.2) is 0 Å². The van der Waals surface area contributed by atoms with Crippen LogP contribution in [0.15, 0.2) is 59.6 Å². The fourth-order valence-corrected chi connectivity index (χ4v) is 10.7. The second-order valence-corrected chi connectivity index (χ2v) is 20.5. The van der Waals surface area contributed by atoms with E-state index in [4.69, 9.17) is 19.5 Å². The minimum atomic E-state index is -2.25. The maximum atomic E-state index is 14.7. The lowest BCUT2D eigenvalue weighted by Gasteiger charge is -2.46. The highest BCUT2D eigenvalue weighted by Crippen LogP contribution is 2.40. The van der Waals surface area contributed by atoms with Crippen LogP contribution in [0.1, 0.15) is 91.4 Å². The van der Waals surface area contributed by atoms with Crippen molar-refractivity contribution in [2.24, 2.45) is 16.3 Å². The number of cyclic esters (lactones) is 1. The first kappa shape index (κ1) is 52.7. The summed E-state index contributed by atoms with van der Waals surface area (Å²) in [6.45, 7) is 26.3. The smallest absolute Gasteiger partial charge is 0.355 e. The van der Waals surface area contributed by atoms with Crippen molar-refractivity contribution in [3.63, 3.8) is 0 Å². The van der Waals surface area contributed by atoms with Crippen LogP contribution >= 0.6 is 11.3 Å². The number of aliphatic hydroxyl groups is 1. The lowest BCUT2D eigenvalue weighted by molar-refractivity contribution is -0.189. The van der Waals surface area contributed by atoms with E-state index in [0.717, 1.165) is 33.3 Å². The van der Waals surface area contributed by atoms with Crippen LogP contribution in [-0.2, 0) is 48.0 Å². The zero-order chi connectivity index (χ0) is 50.7. The van der Waals surface area contributed by atoms with Crippen LogP contribution in [0.2, 0.25) is 0 Å². The van der Waals surface area contributed by atoms with Gasteiger partial charge in [0, 0.05) is 104 Å². The molecule has 374 valence electrons. The van der Waals surface area contributed by atoms with Crippen LogP contribution < -0.4 is 10.7 Å². The quantitative estimate of drug-likeness (QED) is 0.0895. The molecule has 0 saturated carbocycles. The summed E-state index contributed by atoms with van der Waals surface area (Å²) in [6, 6.07) is 2.94. The van der Waals surface area contributed by atoms with Gasteiger partial charge >= 0.3 is 12.0 Å². The number of hydrazine groups is 1. The summed E-state index contributed by atoms with van der Waals surface area (Å²) in [5, 5.41) is 19.5. The Morgan fingerprint density at radius 2 is 1.83 bits per heavy atom. The predicted octanol–water partition coefficient (Wildman–Crippen LogP) is 5.96. The van der Waals surface area contributed by atoms with E-state index in [9.17, 15) is 29.1 Å². The highest BCUT2D eigenvalue weighted by Gasteiger charge is 2.46. The molecule has 5 amide bonds. The van der Waals surface area contributed by atoms with Crippen molar-refractivity contribution in [1.82, 2.24) is 40.0 Å². The minimum Gasteiger partial charge on any atom is -0.462 e. The Labute approximate surface area is 410 Å². The number of allylic oxidation sites excluding steroid dienone is 2. The van der Waals surface area contributed by atoms with Crippen LogP contribution in [0.4, 0.5) is 4.79 Å². The number of carbonyl (C=O) groups excluding carboxylic acids is 5. The van der Waals surface area contributed by atoms with Gasteiger partial charge < -0.3 is 39.2 Å². The third-order valence-electron chi connectivity index (χ3n) is 13.5. The first-order valence-electron chi connectivity index (χ1n) is 23.9. The predicted molar refractivity (Wildman–Crippen MR) is 269 cm³/mol. The molecule has 0 radical (unpaired) electrons. The number of aryl methyl sites for hydroxylation is 1. The number of amides is 5. The second kappa shape index (κ2) is 21.5. The van der Waals surface area contributed by atoms with Gasteiger partial charge in [-0.25, -0.2) is 14.6 Å². The molecule has 3 aliphatic rings. The van der Waals surface area contributed by atoms with E-state index in [0.29, 0.717) is 35.9 Å². The molecule has 0 unspecified atom stereocenters. The molecule has 69 heavy (non-hydrogen) atoms. The standard InChI is InChI=1S/C51H71N9O8S/c1-14-35(43(52-16-3)33(9)67-13)45-37-25-50(10,11)29-68-48(64)51(66)21-18-22-60(55-51)47(63)38(24-41-53-39(28-69-41)34-19-20-40(36(37)23-34)57(45)17-4)54-46(62)44(30(5)6)56(12)49(65)59-27-31(7)58(26-32(59)8)42(61)15-2/h14-16,19-20,23,28,30-33,38,44,55,66H,1-2,17-18,21-22,24-27,29H2,3-13H3,(H,54,62)/b43-35+,52-16?/t31-,32+,33-,38-,44-,51-/m0/s1. The van der Waals surface area contributed by atoms with Crippen LogP contribution in [0.3, 0.4) is 0 Å². The second-order valence-electron chi connectivity index (χ2n) is 19.6. The number of fused-ring (bicyclic) bond motifs is 6. The summed E-state index contributed by atoms with van der Waals surface area (Å²) in [4.78, 5) is 84.7. The normalized spacial score (nSPS) is 23.6. The molecule has 17 nitrogen and oxygen atoms in total. The lowest BCUT2D eigenvalue weighted by Crippen LogP contribution is -2.67. The van der Waals surface area contributed by atoms with E-state index in [1.165, 1.54) is 27.3 Å². The first-order valence-corrected chi connectivity index (χ1v) is 24.8. The number of rotatable bonds is 11. The maximum Gasteiger partial charge on any atom is 0.355 e. The number of piperazine rings is 1. The zero-order valence-corrected chi connectivity index (χ0v) is 42.9. The molecule has 0 aliphatic carbocycles. The summed E-state index contributed by atoms with van der Waals surface area (Å²) in [6.07, 6.45) is 5.10. The van der Waals surface area contributed by atoms with Gasteiger partial charge in [0.05, 0.1) is 34.8 Å². The average Bonchev–Trinajstić information content (AvgIpc) is 3.91. The van der Waals surface area contributed by atoms with E-state index in [1.807, 2.05) is 72.9 Å². The van der Waals surface area contributed by atoms with Crippen LogP contribution in [0, 0.1) is 11.3 Å². The topological polar surface area (TPSA) is 191 Å². The number of methoxy groups -OCH3 is 1. The van der Waals surface area contributed by atoms with Gasteiger partial charge in [0.2, 0.25) is 17.5 Å². The maximum absolute atomic E-state index is 14.7. The number of nitrogens with one attached hydrogen (secondary N) is 2. The molecule has 0 spiro atoms. The number of likely N-dealkylation sites (N-methyl/N-ethyl adjacent to an activating group) is 1. The molecule has 6 bridgehead atoms. The van der Waals surface area contributed by atoms with Crippen molar-refractivity contribution in [1.29, 1.82) is 0 Å². The molecule has 3 aliphatic heterocycles. The average molecular weight is 970 g/mol. The molecular weight excluding hydrogens is 899 g/mol. The number of thiazole rings is 1. The Balaban J connectivity index is 1.43. The molecular formula is C51H71N9O8S. The summed E-state index contributed by atoms with van der Waals surface area (Å²) < 4.78 is 14.0. The van der Waals surface area contributed by atoms with Gasteiger partial charge in [-0.05, 0) is 77.2 Å². The number of aromatic nitrogens is 2. The molecule has 2 aromatic heterocycles. The summed E-state index contributed by atoms with van der Waals surface area (Å²) in [5.74, 6) is -2.71. The number of hydrogen-bond acceptors (Lipinski definition) is 12. The third kappa shape index (κ3) is 10.9. The molecule has 3 aromatic rings. The number of esters is 1. The fourth-order valence-electron chi connectivity index (χ4n) is 9.84. The SMILES string of the molecule is C=CC(=O)N1C[C@@H](C)N(C(=O)N(C)[C@H](C(=O)N[C@H]2Cc3nc(cs3)-c3ccc4c(c3)c(c(/C(C=C)=C(/N=CC)[C@H](C)OC)n4CC)CC(C)(C)COC(=O)[C@@]3(O)CCCN(N3)C2=O)C(C)C)C[C@@H]1C. The summed E-state index contributed by atoms with van der Waals surface area (Å²) in [7, 11) is 3.21. The Bertz CT molecular complexity index is 2530. The van der Waals surface area contributed by atoms with E-state index >= 15 is 0 Å². The van der Waals surface area contributed by atoms with E-state index in [2.05, 4.69) is 47.5 Å². The number of benzene rings is 1. The van der Waals surface area contributed by atoms with Crippen molar-refractivity contribution in [2.75, 3.05) is 40.4 Å². The molecule has 3 N–H and O–H groups in total. The first-order chi connectivity index (χ1) is 32.6. The van der Waals surface area contributed by atoms with Crippen molar-refractivity contribution >= 4 is 63.7 Å². The molecule has 2 saturated heterocycles.